The highest BCUT2D eigenvalue weighted by molar-refractivity contribution is 7.89. The van der Waals surface area contributed by atoms with E-state index in [1.807, 2.05) is 0 Å². The van der Waals surface area contributed by atoms with E-state index in [1.54, 1.807) is 6.92 Å². The highest BCUT2D eigenvalue weighted by Gasteiger charge is 2.20. The molecular formula is C12H18ClFN2O3S. The first-order valence-corrected chi connectivity index (χ1v) is 7.87. The Balaban J connectivity index is 3.01. The second kappa shape index (κ2) is 7.33. The Kier molecular flexibility index (Phi) is 6.35. The molecule has 0 aromatic heterocycles. The largest absolute Gasteiger partial charge is 0.385 e. The summed E-state index contributed by atoms with van der Waals surface area (Å²) in [4.78, 5) is -0.191. The van der Waals surface area contributed by atoms with Crippen LogP contribution in [0, 0.1) is 5.82 Å². The van der Waals surface area contributed by atoms with E-state index >= 15 is 0 Å². The van der Waals surface area contributed by atoms with Crippen molar-refractivity contribution >= 4 is 21.6 Å². The molecule has 0 aliphatic heterocycles. The number of nitrogens with two attached hydrogens (primary N) is 1. The number of halogens is 2. The fourth-order valence-corrected chi connectivity index (χ4v) is 3.13. The second-order valence-corrected chi connectivity index (χ2v) is 6.48. The van der Waals surface area contributed by atoms with Gasteiger partial charge in [-0.15, -0.1) is 0 Å². The zero-order valence-electron chi connectivity index (χ0n) is 11.3. The van der Waals surface area contributed by atoms with E-state index in [0.717, 1.165) is 6.07 Å². The lowest BCUT2D eigenvalue weighted by molar-refractivity contribution is 0.188. The van der Waals surface area contributed by atoms with E-state index in [4.69, 9.17) is 22.1 Å². The predicted molar refractivity (Wildman–Crippen MR) is 75.6 cm³/mol. The molecule has 0 bridgehead atoms. The van der Waals surface area contributed by atoms with Crippen LogP contribution in [0.4, 0.5) is 4.39 Å². The smallest absolute Gasteiger partial charge is 0.240 e. The summed E-state index contributed by atoms with van der Waals surface area (Å²) < 4.78 is 45.2. The van der Waals surface area contributed by atoms with Crippen LogP contribution in [0.3, 0.4) is 0 Å². The minimum Gasteiger partial charge on any atom is -0.385 e. The van der Waals surface area contributed by atoms with Crippen LogP contribution < -0.4 is 10.5 Å². The van der Waals surface area contributed by atoms with Gasteiger partial charge >= 0.3 is 0 Å². The molecule has 0 spiro atoms. The first-order valence-electron chi connectivity index (χ1n) is 6.01. The highest BCUT2D eigenvalue weighted by Crippen LogP contribution is 2.24. The number of benzene rings is 1. The number of nitrogens with one attached hydrogen (secondary N) is 1. The van der Waals surface area contributed by atoms with Crippen molar-refractivity contribution in [3.63, 3.8) is 0 Å². The van der Waals surface area contributed by atoms with Gasteiger partial charge in [-0.2, -0.15) is 0 Å². The molecule has 114 valence electrons. The minimum atomic E-state index is -3.82. The molecule has 0 fully saturated rings. The topological polar surface area (TPSA) is 81.4 Å². The molecule has 1 unspecified atom stereocenters. The van der Waals surface area contributed by atoms with Gasteiger partial charge in [-0.3, -0.25) is 0 Å². The van der Waals surface area contributed by atoms with Crippen molar-refractivity contribution in [1.82, 2.24) is 4.72 Å². The molecule has 8 heteroatoms. The van der Waals surface area contributed by atoms with Gasteiger partial charge in [0.25, 0.3) is 0 Å². The maximum atomic E-state index is 13.6. The monoisotopic (exact) mass is 324 g/mol. The molecule has 1 rings (SSSR count). The average Bonchev–Trinajstić information content (AvgIpc) is 2.38. The first kappa shape index (κ1) is 17.3. The maximum absolute atomic E-state index is 13.6. The van der Waals surface area contributed by atoms with Crippen molar-refractivity contribution in [3.8, 4) is 0 Å². The van der Waals surface area contributed by atoms with Crippen molar-refractivity contribution in [3.05, 3.63) is 28.5 Å². The van der Waals surface area contributed by atoms with Gasteiger partial charge in [0.05, 0.1) is 9.92 Å². The lowest BCUT2D eigenvalue weighted by Gasteiger charge is -2.15. The van der Waals surface area contributed by atoms with Gasteiger partial charge in [0, 0.05) is 26.3 Å². The van der Waals surface area contributed by atoms with Gasteiger partial charge in [0.2, 0.25) is 10.0 Å². The molecule has 5 nitrogen and oxygen atoms in total. The fourth-order valence-electron chi connectivity index (χ4n) is 1.61. The molecule has 0 aliphatic carbocycles. The molecule has 0 heterocycles. The molecule has 1 aromatic carbocycles. The summed E-state index contributed by atoms with van der Waals surface area (Å²) in [7, 11) is -2.29. The van der Waals surface area contributed by atoms with Crippen LogP contribution >= 0.6 is 11.6 Å². The summed E-state index contributed by atoms with van der Waals surface area (Å²) in [6, 6.07) is 1.82. The lowest BCUT2D eigenvalue weighted by atomic mass is 10.2. The molecule has 0 radical (unpaired) electrons. The van der Waals surface area contributed by atoms with Crippen LogP contribution in [0.1, 0.15) is 18.9 Å². The van der Waals surface area contributed by atoms with Crippen molar-refractivity contribution < 1.29 is 17.5 Å². The number of sulfonamides is 1. The van der Waals surface area contributed by atoms with E-state index in [0.29, 0.717) is 13.0 Å². The lowest BCUT2D eigenvalue weighted by Crippen LogP contribution is -2.33. The third-order valence-electron chi connectivity index (χ3n) is 2.72. The van der Waals surface area contributed by atoms with Gasteiger partial charge in [0.15, 0.2) is 0 Å². The summed E-state index contributed by atoms with van der Waals surface area (Å²) in [5, 5.41) is -0.154. The predicted octanol–water partition coefficient (Wildman–Crippen LogP) is 1.64. The van der Waals surface area contributed by atoms with E-state index in [1.165, 1.54) is 13.2 Å². The van der Waals surface area contributed by atoms with Gasteiger partial charge in [-0.05, 0) is 31.0 Å². The summed E-state index contributed by atoms with van der Waals surface area (Å²) in [6.45, 7) is 2.08. The van der Waals surface area contributed by atoms with Crippen LogP contribution in [0.5, 0.6) is 0 Å². The molecule has 0 amide bonds. The third kappa shape index (κ3) is 4.39. The number of hydrogen-bond acceptors (Lipinski definition) is 4. The SMILES string of the molecule is COCCC(C)NS(=O)(=O)c1cc(F)c(Cl)c(CN)c1. The molecule has 20 heavy (non-hydrogen) atoms. The van der Waals surface area contributed by atoms with Crippen LogP contribution in [0.25, 0.3) is 0 Å². The Hall–Kier alpha value is -0.730. The Bertz CT molecular complexity index is 566. The van der Waals surface area contributed by atoms with Crippen molar-refractivity contribution in [2.45, 2.75) is 30.8 Å². The number of ether oxygens (including phenoxy) is 1. The van der Waals surface area contributed by atoms with Gasteiger partial charge < -0.3 is 10.5 Å². The summed E-state index contributed by atoms with van der Waals surface area (Å²) in [6.07, 6.45) is 0.509. The Morgan fingerprint density at radius 1 is 1.50 bits per heavy atom. The Morgan fingerprint density at radius 3 is 2.70 bits per heavy atom. The fraction of sp³-hybridized carbons (Fsp3) is 0.500. The average molecular weight is 325 g/mol. The maximum Gasteiger partial charge on any atom is 0.240 e. The van der Waals surface area contributed by atoms with Crippen molar-refractivity contribution in [2.24, 2.45) is 5.73 Å². The standard InChI is InChI=1S/C12H18ClFN2O3S/c1-8(3-4-19-2)16-20(17,18)10-5-9(7-15)12(13)11(14)6-10/h5-6,8,16H,3-4,7,15H2,1-2H3. The highest BCUT2D eigenvalue weighted by atomic mass is 35.5. The van der Waals surface area contributed by atoms with Crippen LogP contribution in [-0.4, -0.2) is 28.2 Å². The number of methoxy groups -OCH3 is 1. The number of hydrogen-bond donors (Lipinski definition) is 2. The summed E-state index contributed by atoms with van der Waals surface area (Å²) in [5.74, 6) is -0.806. The minimum absolute atomic E-state index is 0.0433. The molecule has 0 saturated heterocycles. The van der Waals surface area contributed by atoms with E-state index in [9.17, 15) is 12.8 Å². The quantitative estimate of drug-likeness (QED) is 0.799. The summed E-state index contributed by atoms with van der Waals surface area (Å²) in [5.41, 5.74) is 5.66. The molecule has 3 N–H and O–H groups in total. The first-order chi connectivity index (χ1) is 9.31. The molecule has 0 aliphatic rings. The van der Waals surface area contributed by atoms with Gasteiger partial charge in [-0.25, -0.2) is 17.5 Å². The van der Waals surface area contributed by atoms with Gasteiger partial charge in [-0.1, -0.05) is 11.6 Å². The molecule has 0 saturated carbocycles. The zero-order valence-corrected chi connectivity index (χ0v) is 12.9. The Labute approximate surface area is 123 Å². The normalized spacial score (nSPS) is 13.4. The van der Waals surface area contributed by atoms with Crippen LogP contribution in [0.15, 0.2) is 17.0 Å². The van der Waals surface area contributed by atoms with Crippen molar-refractivity contribution in [2.75, 3.05) is 13.7 Å². The van der Waals surface area contributed by atoms with Crippen LogP contribution in [0.2, 0.25) is 5.02 Å². The van der Waals surface area contributed by atoms with E-state index < -0.39 is 15.8 Å². The Morgan fingerprint density at radius 2 is 2.15 bits per heavy atom. The molecular weight excluding hydrogens is 307 g/mol. The zero-order chi connectivity index (χ0) is 15.3. The molecule has 1 aromatic rings. The summed E-state index contributed by atoms with van der Waals surface area (Å²) >= 11 is 5.70. The van der Waals surface area contributed by atoms with Crippen LogP contribution in [-0.2, 0) is 21.3 Å². The van der Waals surface area contributed by atoms with Gasteiger partial charge in [0.1, 0.15) is 5.82 Å². The second-order valence-electron chi connectivity index (χ2n) is 4.39. The van der Waals surface area contributed by atoms with Crippen molar-refractivity contribution in [1.29, 1.82) is 0 Å². The molecule has 1 atom stereocenters. The number of rotatable bonds is 7. The van der Waals surface area contributed by atoms with E-state index in [-0.39, 0.29) is 28.1 Å². The third-order valence-corrected chi connectivity index (χ3v) is 4.71. The van der Waals surface area contributed by atoms with E-state index in [2.05, 4.69) is 4.72 Å².